The van der Waals surface area contributed by atoms with Gasteiger partial charge in [-0.1, -0.05) is 26.0 Å². The topological polar surface area (TPSA) is 37.4 Å². The zero-order valence-electron chi connectivity index (χ0n) is 10.8. The van der Waals surface area contributed by atoms with Gasteiger partial charge in [-0.25, -0.2) is 8.42 Å². The van der Waals surface area contributed by atoms with Gasteiger partial charge in [-0.05, 0) is 37.7 Å². The van der Waals surface area contributed by atoms with Gasteiger partial charge in [0.1, 0.15) is 0 Å². The standard InChI is InChI=1S/C13H21NO2S/c1-4-14(3)11-10-12-6-8-13(9-7-12)17(15,16)5-2/h6-9H,4-5,10-11H2,1-3H3. The third kappa shape index (κ3) is 4.13. The van der Waals surface area contributed by atoms with Crippen LogP contribution >= 0.6 is 0 Å². The molecule has 0 atom stereocenters. The van der Waals surface area contributed by atoms with E-state index in [0.717, 1.165) is 19.5 Å². The molecule has 0 N–H and O–H groups in total. The second-order valence-corrected chi connectivity index (χ2v) is 6.47. The van der Waals surface area contributed by atoms with Gasteiger partial charge in [0.15, 0.2) is 9.84 Å². The lowest BCUT2D eigenvalue weighted by Gasteiger charge is -2.13. The molecule has 0 aliphatic rings. The zero-order chi connectivity index (χ0) is 12.9. The van der Waals surface area contributed by atoms with Crippen molar-refractivity contribution in [2.75, 3.05) is 25.9 Å². The van der Waals surface area contributed by atoms with Gasteiger partial charge in [0.2, 0.25) is 0 Å². The highest BCUT2D eigenvalue weighted by atomic mass is 32.2. The Hall–Kier alpha value is -0.870. The summed E-state index contributed by atoms with van der Waals surface area (Å²) in [5, 5.41) is 0. The fourth-order valence-corrected chi connectivity index (χ4v) is 2.39. The third-order valence-electron chi connectivity index (χ3n) is 2.98. The van der Waals surface area contributed by atoms with Crippen LogP contribution in [0.1, 0.15) is 19.4 Å². The Labute approximate surface area is 104 Å². The molecule has 1 aromatic rings. The van der Waals surface area contributed by atoms with E-state index in [4.69, 9.17) is 0 Å². The molecule has 3 nitrogen and oxygen atoms in total. The number of benzene rings is 1. The molecule has 96 valence electrons. The molecular formula is C13H21NO2S. The van der Waals surface area contributed by atoms with Crippen LogP contribution in [0.4, 0.5) is 0 Å². The van der Waals surface area contributed by atoms with Crippen LogP contribution in [0, 0.1) is 0 Å². The lowest BCUT2D eigenvalue weighted by atomic mass is 10.1. The van der Waals surface area contributed by atoms with Crippen molar-refractivity contribution in [3.63, 3.8) is 0 Å². The fraction of sp³-hybridized carbons (Fsp3) is 0.538. The Kier molecular flexibility index (Phi) is 5.15. The number of nitrogens with zero attached hydrogens (tertiary/aromatic N) is 1. The van der Waals surface area contributed by atoms with Crippen LogP contribution in [0.5, 0.6) is 0 Å². The van der Waals surface area contributed by atoms with Crippen molar-refractivity contribution in [1.29, 1.82) is 0 Å². The molecule has 0 aliphatic heterocycles. The zero-order valence-corrected chi connectivity index (χ0v) is 11.6. The fourth-order valence-electron chi connectivity index (χ4n) is 1.51. The Morgan fingerprint density at radius 2 is 1.71 bits per heavy atom. The van der Waals surface area contributed by atoms with Crippen molar-refractivity contribution in [3.05, 3.63) is 29.8 Å². The molecule has 1 aromatic carbocycles. The Morgan fingerprint density at radius 3 is 2.18 bits per heavy atom. The summed E-state index contributed by atoms with van der Waals surface area (Å²) in [5.41, 5.74) is 1.18. The minimum absolute atomic E-state index is 0.158. The Bertz CT molecular complexity index is 437. The first-order chi connectivity index (χ1) is 7.99. The van der Waals surface area contributed by atoms with Crippen molar-refractivity contribution in [2.24, 2.45) is 0 Å². The maximum Gasteiger partial charge on any atom is 0.178 e. The van der Waals surface area contributed by atoms with Gasteiger partial charge in [0.25, 0.3) is 0 Å². The van der Waals surface area contributed by atoms with E-state index < -0.39 is 9.84 Å². The van der Waals surface area contributed by atoms with Crippen molar-refractivity contribution >= 4 is 9.84 Å². The van der Waals surface area contributed by atoms with E-state index in [1.807, 2.05) is 12.1 Å². The van der Waals surface area contributed by atoms with Gasteiger partial charge in [-0.15, -0.1) is 0 Å². The quantitative estimate of drug-likeness (QED) is 0.780. The number of hydrogen-bond acceptors (Lipinski definition) is 3. The minimum Gasteiger partial charge on any atom is -0.306 e. The molecule has 0 bridgehead atoms. The first-order valence-corrected chi connectivity index (χ1v) is 7.65. The van der Waals surface area contributed by atoms with Gasteiger partial charge in [0.05, 0.1) is 10.6 Å². The smallest absolute Gasteiger partial charge is 0.178 e. The van der Waals surface area contributed by atoms with Gasteiger partial charge >= 0.3 is 0 Å². The summed E-state index contributed by atoms with van der Waals surface area (Å²) in [5.74, 6) is 0.158. The molecule has 0 heterocycles. The molecule has 0 saturated heterocycles. The number of rotatable bonds is 6. The molecule has 0 radical (unpaired) electrons. The summed E-state index contributed by atoms with van der Waals surface area (Å²) >= 11 is 0. The highest BCUT2D eigenvalue weighted by Gasteiger charge is 2.10. The van der Waals surface area contributed by atoms with E-state index in [0.29, 0.717) is 4.90 Å². The van der Waals surface area contributed by atoms with E-state index >= 15 is 0 Å². The summed E-state index contributed by atoms with van der Waals surface area (Å²) in [6.07, 6.45) is 0.955. The molecule has 4 heteroatoms. The molecule has 0 unspecified atom stereocenters. The van der Waals surface area contributed by atoms with E-state index in [-0.39, 0.29) is 5.75 Å². The van der Waals surface area contributed by atoms with E-state index in [2.05, 4.69) is 18.9 Å². The lowest BCUT2D eigenvalue weighted by Crippen LogP contribution is -2.20. The average Bonchev–Trinajstić information content (AvgIpc) is 2.36. The summed E-state index contributed by atoms with van der Waals surface area (Å²) in [7, 11) is -0.982. The SMILES string of the molecule is CCN(C)CCc1ccc(S(=O)(=O)CC)cc1. The maximum atomic E-state index is 11.6. The summed E-state index contributed by atoms with van der Waals surface area (Å²) in [4.78, 5) is 2.66. The molecule has 1 rings (SSSR count). The van der Waals surface area contributed by atoms with Crippen LogP contribution in [0.3, 0.4) is 0 Å². The highest BCUT2D eigenvalue weighted by molar-refractivity contribution is 7.91. The third-order valence-corrected chi connectivity index (χ3v) is 4.74. The second kappa shape index (κ2) is 6.17. The maximum absolute atomic E-state index is 11.6. The molecule has 0 aliphatic carbocycles. The van der Waals surface area contributed by atoms with Crippen molar-refractivity contribution in [3.8, 4) is 0 Å². The minimum atomic E-state index is -3.06. The molecule has 17 heavy (non-hydrogen) atoms. The summed E-state index contributed by atoms with van der Waals surface area (Å²) < 4.78 is 23.2. The molecule has 0 spiro atoms. The van der Waals surface area contributed by atoms with Crippen LogP contribution in [0.15, 0.2) is 29.2 Å². The summed E-state index contributed by atoms with van der Waals surface area (Å²) in [6.45, 7) is 5.81. The highest BCUT2D eigenvalue weighted by Crippen LogP contribution is 2.12. The van der Waals surface area contributed by atoms with E-state index in [1.54, 1.807) is 19.1 Å². The predicted octanol–water partition coefficient (Wildman–Crippen LogP) is 1.97. The molecule has 0 amide bonds. The number of sulfone groups is 1. The van der Waals surface area contributed by atoms with Gasteiger partial charge in [-0.3, -0.25) is 0 Å². The molecule has 0 saturated carbocycles. The number of hydrogen-bond donors (Lipinski definition) is 0. The van der Waals surface area contributed by atoms with E-state index in [9.17, 15) is 8.42 Å². The first-order valence-electron chi connectivity index (χ1n) is 5.99. The van der Waals surface area contributed by atoms with Crippen LogP contribution in [0.2, 0.25) is 0 Å². The second-order valence-electron chi connectivity index (χ2n) is 4.19. The van der Waals surface area contributed by atoms with Crippen molar-refractivity contribution in [2.45, 2.75) is 25.2 Å². The molecule has 0 fully saturated rings. The van der Waals surface area contributed by atoms with Crippen LogP contribution < -0.4 is 0 Å². The predicted molar refractivity (Wildman–Crippen MR) is 71.0 cm³/mol. The largest absolute Gasteiger partial charge is 0.306 e. The van der Waals surface area contributed by atoms with Crippen molar-refractivity contribution in [1.82, 2.24) is 4.90 Å². The summed E-state index contributed by atoms with van der Waals surface area (Å²) in [6, 6.07) is 7.23. The molecule has 0 aromatic heterocycles. The number of likely N-dealkylation sites (N-methyl/N-ethyl adjacent to an activating group) is 1. The lowest BCUT2D eigenvalue weighted by molar-refractivity contribution is 0.357. The Morgan fingerprint density at radius 1 is 1.12 bits per heavy atom. The van der Waals surface area contributed by atoms with Crippen LogP contribution in [0.25, 0.3) is 0 Å². The van der Waals surface area contributed by atoms with Gasteiger partial charge in [-0.2, -0.15) is 0 Å². The van der Waals surface area contributed by atoms with Crippen molar-refractivity contribution < 1.29 is 8.42 Å². The van der Waals surface area contributed by atoms with Crippen LogP contribution in [-0.2, 0) is 16.3 Å². The van der Waals surface area contributed by atoms with E-state index in [1.165, 1.54) is 5.56 Å². The average molecular weight is 255 g/mol. The molecular weight excluding hydrogens is 234 g/mol. The van der Waals surface area contributed by atoms with Gasteiger partial charge in [0, 0.05) is 6.54 Å². The monoisotopic (exact) mass is 255 g/mol. The van der Waals surface area contributed by atoms with Gasteiger partial charge < -0.3 is 4.90 Å². The van der Waals surface area contributed by atoms with Crippen LogP contribution in [-0.4, -0.2) is 39.2 Å². The normalized spacial score (nSPS) is 12.0. The Balaban J connectivity index is 2.69. The first kappa shape index (κ1) is 14.2.